The molecule has 0 aliphatic heterocycles. The Morgan fingerprint density at radius 1 is 1.04 bits per heavy atom. The molecule has 0 saturated heterocycles. The van der Waals surface area contributed by atoms with Crippen LogP contribution in [0.3, 0.4) is 0 Å². The zero-order valence-electron chi connectivity index (χ0n) is 15.1. The van der Waals surface area contributed by atoms with Crippen LogP contribution in [0.1, 0.15) is 12.7 Å². The first kappa shape index (κ1) is 21.7. The Kier molecular flexibility index (Phi) is 8.31. The minimum absolute atomic E-state index is 0.0700. The summed E-state index contributed by atoms with van der Waals surface area (Å²) in [7, 11) is 0. The largest absolute Gasteiger partial charge is 0.467 e. The van der Waals surface area contributed by atoms with Crippen LogP contribution in [0.2, 0.25) is 10.0 Å². The molecule has 0 spiro atoms. The maximum Gasteiger partial charge on any atom is 0.321 e. The summed E-state index contributed by atoms with van der Waals surface area (Å²) in [6, 6.07) is 7.63. The van der Waals surface area contributed by atoms with E-state index < -0.39 is 11.9 Å². The van der Waals surface area contributed by atoms with E-state index in [-0.39, 0.29) is 25.5 Å². The second kappa shape index (κ2) is 10.7. The normalized spacial score (nSPS) is 10.6. The van der Waals surface area contributed by atoms with E-state index in [1.54, 1.807) is 42.2 Å². The zero-order chi connectivity index (χ0) is 20.5. The fourth-order valence-electron chi connectivity index (χ4n) is 2.27. The molecule has 1 heterocycles. The minimum atomic E-state index is -0.648. The van der Waals surface area contributed by atoms with Crippen molar-refractivity contribution in [1.82, 2.24) is 15.5 Å². The van der Waals surface area contributed by atoms with E-state index in [2.05, 4.69) is 16.0 Å². The fourth-order valence-corrected chi connectivity index (χ4v) is 2.76. The van der Waals surface area contributed by atoms with Gasteiger partial charge in [-0.15, -0.1) is 0 Å². The molecule has 1 aromatic heterocycles. The van der Waals surface area contributed by atoms with Crippen molar-refractivity contribution in [3.05, 3.63) is 52.4 Å². The molecule has 28 heavy (non-hydrogen) atoms. The highest BCUT2D eigenvalue weighted by Crippen LogP contribution is 2.29. The summed E-state index contributed by atoms with van der Waals surface area (Å²) in [6.07, 6.45) is 1.49. The highest BCUT2D eigenvalue weighted by Gasteiger charge is 2.16. The third-order valence-corrected chi connectivity index (χ3v) is 4.29. The number of hydrogen-bond acceptors (Lipinski definition) is 5. The molecule has 4 amide bonds. The van der Waals surface area contributed by atoms with Crippen molar-refractivity contribution in [2.75, 3.05) is 25.0 Å². The second-order valence-electron chi connectivity index (χ2n) is 5.76. The van der Waals surface area contributed by atoms with Crippen LogP contribution in [-0.4, -0.2) is 42.4 Å². The molecule has 0 atom stereocenters. The first-order valence-corrected chi connectivity index (χ1v) is 9.21. The molecule has 0 saturated carbocycles. The third-order valence-electron chi connectivity index (χ3n) is 3.67. The number of nitrogens with zero attached hydrogens (tertiary/aromatic N) is 1. The number of carbonyl (C=O) groups excluding carboxylic acids is 3. The number of para-hydroxylation sites is 1. The zero-order valence-corrected chi connectivity index (χ0v) is 16.6. The summed E-state index contributed by atoms with van der Waals surface area (Å²) in [5, 5.41) is 7.96. The van der Waals surface area contributed by atoms with Crippen LogP contribution in [-0.2, 0) is 16.1 Å². The maximum absolute atomic E-state index is 12.2. The molecule has 0 fully saturated rings. The van der Waals surface area contributed by atoms with Crippen LogP contribution in [0.5, 0.6) is 0 Å². The van der Waals surface area contributed by atoms with Gasteiger partial charge in [0.25, 0.3) is 0 Å². The highest BCUT2D eigenvalue weighted by atomic mass is 35.5. The van der Waals surface area contributed by atoms with Crippen molar-refractivity contribution in [3.63, 3.8) is 0 Å². The molecule has 10 heteroatoms. The number of carbonyl (C=O) groups is 3. The molecule has 8 nitrogen and oxygen atoms in total. The van der Waals surface area contributed by atoms with Gasteiger partial charge in [0.15, 0.2) is 0 Å². The smallest absolute Gasteiger partial charge is 0.321 e. The van der Waals surface area contributed by atoms with Gasteiger partial charge in [-0.1, -0.05) is 36.2 Å². The lowest BCUT2D eigenvalue weighted by atomic mass is 10.3. The molecule has 2 rings (SSSR count). The number of nitrogens with one attached hydrogen (secondary N) is 3. The van der Waals surface area contributed by atoms with E-state index in [0.29, 0.717) is 28.0 Å². The topological polar surface area (TPSA) is 104 Å². The van der Waals surface area contributed by atoms with Gasteiger partial charge in [-0.2, -0.15) is 0 Å². The molecule has 2 aromatic rings. The van der Waals surface area contributed by atoms with Crippen molar-refractivity contribution in [2.45, 2.75) is 13.5 Å². The quantitative estimate of drug-likeness (QED) is 0.601. The first-order chi connectivity index (χ1) is 13.4. The maximum atomic E-state index is 12.2. The number of amides is 4. The number of hydrogen-bond donors (Lipinski definition) is 3. The van der Waals surface area contributed by atoms with Gasteiger partial charge in [0.2, 0.25) is 11.8 Å². The van der Waals surface area contributed by atoms with E-state index in [9.17, 15) is 14.4 Å². The van der Waals surface area contributed by atoms with E-state index in [1.807, 2.05) is 0 Å². The van der Waals surface area contributed by atoms with Crippen molar-refractivity contribution in [3.8, 4) is 0 Å². The molecule has 0 radical (unpaired) electrons. The minimum Gasteiger partial charge on any atom is -0.467 e. The number of imide groups is 1. The molecule has 0 aliphatic rings. The lowest BCUT2D eigenvalue weighted by Crippen LogP contribution is -2.45. The summed E-state index contributed by atoms with van der Waals surface area (Å²) >= 11 is 12.0. The molecule has 0 unspecified atom stereocenters. The monoisotopic (exact) mass is 426 g/mol. The number of halogens is 2. The van der Waals surface area contributed by atoms with E-state index in [4.69, 9.17) is 27.6 Å². The van der Waals surface area contributed by atoms with E-state index in [1.165, 1.54) is 6.26 Å². The van der Waals surface area contributed by atoms with Gasteiger partial charge < -0.3 is 15.1 Å². The second-order valence-corrected chi connectivity index (χ2v) is 6.57. The van der Waals surface area contributed by atoms with Crippen LogP contribution >= 0.6 is 23.2 Å². The summed E-state index contributed by atoms with van der Waals surface area (Å²) in [5.74, 6) is -0.359. The molecule has 0 bridgehead atoms. The standard InChI is InChI=1S/C18H20Cl2N4O4/c1-2-24(10-15(25)22-17-13(19)6-3-7-14(17)20)11-16(26)23-18(27)21-9-12-5-4-8-28-12/h3-8H,2,9-11H2,1H3,(H,22,25)(H2,21,23,26,27). The molecule has 3 N–H and O–H groups in total. The lowest BCUT2D eigenvalue weighted by Gasteiger charge is -2.19. The number of rotatable bonds is 8. The van der Waals surface area contributed by atoms with Crippen molar-refractivity contribution in [1.29, 1.82) is 0 Å². The average Bonchev–Trinajstić information content (AvgIpc) is 3.16. The van der Waals surface area contributed by atoms with Crippen molar-refractivity contribution >= 4 is 46.7 Å². The van der Waals surface area contributed by atoms with Crippen LogP contribution < -0.4 is 16.0 Å². The van der Waals surface area contributed by atoms with Crippen LogP contribution in [0.25, 0.3) is 0 Å². The fraction of sp³-hybridized carbons (Fsp3) is 0.278. The van der Waals surface area contributed by atoms with Gasteiger partial charge in [-0.25, -0.2) is 4.79 Å². The number of urea groups is 1. The molecule has 1 aromatic carbocycles. The lowest BCUT2D eigenvalue weighted by molar-refractivity contribution is -0.122. The van der Waals surface area contributed by atoms with Gasteiger partial charge in [-0.3, -0.25) is 19.8 Å². The first-order valence-electron chi connectivity index (χ1n) is 8.45. The van der Waals surface area contributed by atoms with Crippen molar-refractivity contribution in [2.24, 2.45) is 0 Å². The summed E-state index contributed by atoms with van der Waals surface area (Å²) in [4.78, 5) is 37.6. The van der Waals surface area contributed by atoms with E-state index in [0.717, 1.165) is 0 Å². The SMILES string of the molecule is CCN(CC(=O)NC(=O)NCc1ccco1)CC(=O)Nc1c(Cl)cccc1Cl. The summed E-state index contributed by atoms with van der Waals surface area (Å²) < 4.78 is 5.08. The van der Waals surface area contributed by atoms with Crippen molar-refractivity contribution < 1.29 is 18.8 Å². The number of anilines is 1. The van der Waals surface area contributed by atoms with Crippen LogP contribution in [0.15, 0.2) is 41.0 Å². The summed E-state index contributed by atoms with van der Waals surface area (Å²) in [6.45, 7) is 2.17. The Balaban J connectivity index is 1.79. The Labute approximate surface area is 172 Å². The number of benzene rings is 1. The number of likely N-dealkylation sites (N-methyl/N-ethyl adjacent to an activating group) is 1. The molecular weight excluding hydrogens is 407 g/mol. The van der Waals surface area contributed by atoms with E-state index >= 15 is 0 Å². The molecule has 150 valence electrons. The van der Waals surface area contributed by atoms with Gasteiger partial charge in [-0.05, 0) is 30.8 Å². The molecular formula is C18H20Cl2N4O4. The average molecular weight is 427 g/mol. The Morgan fingerprint density at radius 2 is 1.71 bits per heavy atom. The predicted molar refractivity (Wildman–Crippen MR) is 106 cm³/mol. The Hall–Kier alpha value is -2.55. The highest BCUT2D eigenvalue weighted by molar-refractivity contribution is 6.39. The Bertz CT molecular complexity index is 807. The Morgan fingerprint density at radius 3 is 2.32 bits per heavy atom. The predicted octanol–water partition coefficient (Wildman–Crippen LogP) is 2.87. The van der Waals surface area contributed by atoms with Gasteiger partial charge in [0, 0.05) is 0 Å². The van der Waals surface area contributed by atoms with Gasteiger partial charge >= 0.3 is 6.03 Å². The number of furan rings is 1. The molecule has 0 aliphatic carbocycles. The van der Waals surface area contributed by atoms with Crippen LogP contribution in [0, 0.1) is 0 Å². The van der Waals surface area contributed by atoms with Gasteiger partial charge in [0.05, 0.1) is 41.6 Å². The van der Waals surface area contributed by atoms with Crippen LogP contribution in [0.4, 0.5) is 10.5 Å². The van der Waals surface area contributed by atoms with Gasteiger partial charge in [0.1, 0.15) is 5.76 Å². The third kappa shape index (κ3) is 6.88. The summed E-state index contributed by atoms with van der Waals surface area (Å²) in [5.41, 5.74) is 0.314.